The van der Waals surface area contributed by atoms with E-state index < -0.39 is 28.6 Å². The molecule has 24 heavy (non-hydrogen) atoms. The molecule has 0 aliphatic carbocycles. The van der Waals surface area contributed by atoms with Gasteiger partial charge in [0.1, 0.15) is 11.4 Å². The van der Waals surface area contributed by atoms with Gasteiger partial charge in [-0.25, -0.2) is 9.78 Å². The first kappa shape index (κ1) is 18.4. The quantitative estimate of drug-likeness (QED) is 0.468. The van der Waals surface area contributed by atoms with Gasteiger partial charge in [0, 0.05) is 32.7 Å². The predicted molar refractivity (Wildman–Crippen MR) is 81.9 cm³/mol. The standard InChI is InChI=1S/C15H22N2O7/c1-2-23-13(21)10-11(19)12(20)17-14(16-10)15(24-7-3-6-18)4-8-22-9-5-15/h18-19H,2-9H2,1H3,(H,16,17,20). The second kappa shape index (κ2) is 8.22. The van der Waals surface area contributed by atoms with Crippen LogP contribution in [-0.4, -0.2) is 59.2 Å². The number of nitrogens with zero attached hydrogens (tertiary/aromatic N) is 1. The Balaban J connectivity index is 2.42. The summed E-state index contributed by atoms with van der Waals surface area (Å²) in [7, 11) is 0. The van der Waals surface area contributed by atoms with Gasteiger partial charge >= 0.3 is 5.97 Å². The van der Waals surface area contributed by atoms with Crippen LogP contribution in [0.1, 0.15) is 42.5 Å². The number of hydrogen-bond acceptors (Lipinski definition) is 8. The number of aromatic nitrogens is 2. The van der Waals surface area contributed by atoms with Crippen molar-refractivity contribution in [3.8, 4) is 5.75 Å². The summed E-state index contributed by atoms with van der Waals surface area (Å²) in [6.45, 7) is 2.74. The molecule has 1 saturated heterocycles. The van der Waals surface area contributed by atoms with Crippen LogP contribution in [-0.2, 0) is 19.8 Å². The number of aliphatic hydroxyl groups excluding tert-OH is 1. The highest BCUT2D eigenvalue weighted by Crippen LogP contribution is 2.34. The fraction of sp³-hybridized carbons (Fsp3) is 0.667. The fourth-order valence-corrected chi connectivity index (χ4v) is 2.51. The van der Waals surface area contributed by atoms with Crippen molar-refractivity contribution in [3.63, 3.8) is 0 Å². The van der Waals surface area contributed by atoms with Crippen LogP contribution in [0.5, 0.6) is 5.75 Å². The molecule has 2 heterocycles. The average molecular weight is 342 g/mol. The summed E-state index contributed by atoms with van der Waals surface area (Å²) in [5.74, 6) is -1.51. The van der Waals surface area contributed by atoms with Crippen LogP contribution in [0.4, 0.5) is 0 Å². The number of carbonyl (C=O) groups is 1. The van der Waals surface area contributed by atoms with Gasteiger partial charge in [0.25, 0.3) is 5.56 Å². The molecule has 3 N–H and O–H groups in total. The zero-order valence-electron chi connectivity index (χ0n) is 13.5. The molecule has 0 atom stereocenters. The van der Waals surface area contributed by atoms with Gasteiger partial charge in [-0.1, -0.05) is 0 Å². The van der Waals surface area contributed by atoms with Crippen LogP contribution in [0.2, 0.25) is 0 Å². The molecule has 1 aromatic rings. The van der Waals surface area contributed by atoms with Crippen LogP contribution in [0.3, 0.4) is 0 Å². The molecule has 2 rings (SSSR count). The Kier molecular flexibility index (Phi) is 6.29. The highest BCUT2D eigenvalue weighted by molar-refractivity contribution is 5.89. The molecule has 1 fully saturated rings. The normalized spacial score (nSPS) is 16.8. The summed E-state index contributed by atoms with van der Waals surface area (Å²) >= 11 is 0. The van der Waals surface area contributed by atoms with E-state index in [4.69, 9.17) is 19.3 Å². The number of H-pyrrole nitrogens is 1. The number of rotatable bonds is 7. The van der Waals surface area contributed by atoms with E-state index in [0.717, 1.165) is 0 Å². The lowest BCUT2D eigenvalue weighted by Gasteiger charge is -2.36. The Labute approximate surface area is 138 Å². The summed E-state index contributed by atoms with van der Waals surface area (Å²) in [4.78, 5) is 30.5. The molecule has 0 amide bonds. The highest BCUT2D eigenvalue weighted by Gasteiger charge is 2.39. The molecular formula is C15H22N2O7. The molecule has 1 aliphatic heterocycles. The van der Waals surface area contributed by atoms with Crippen LogP contribution < -0.4 is 5.56 Å². The number of ether oxygens (including phenoxy) is 3. The summed E-state index contributed by atoms with van der Waals surface area (Å²) in [5.41, 5.74) is -2.21. The lowest BCUT2D eigenvalue weighted by molar-refractivity contribution is -0.123. The summed E-state index contributed by atoms with van der Waals surface area (Å²) in [5, 5.41) is 18.7. The Morgan fingerprint density at radius 3 is 2.75 bits per heavy atom. The van der Waals surface area contributed by atoms with Crippen molar-refractivity contribution in [2.75, 3.05) is 33.0 Å². The van der Waals surface area contributed by atoms with Crippen molar-refractivity contribution in [1.29, 1.82) is 0 Å². The molecule has 9 heteroatoms. The van der Waals surface area contributed by atoms with Gasteiger partial charge in [-0.05, 0) is 13.3 Å². The first-order valence-corrected chi connectivity index (χ1v) is 7.87. The summed E-state index contributed by atoms with van der Waals surface area (Å²) in [6.07, 6.45) is 1.28. The van der Waals surface area contributed by atoms with Crippen LogP contribution in [0.15, 0.2) is 4.79 Å². The topological polar surface area (TPSA) is 131 Å². The van der Waals surface area contributed by atoms with Crippen molar-refractivity contribution >= 4 is 5.97 Å². The van der Waals surface area contributed by atoms with Gasteiger partial charge in [-0.3, -0.25) is 4.79 Å². The van der Waals surface area contributed by atoms with Crippen molar-refractivity contribution in [2.45, 2.75) is 31.8 Å². The van der Waals surface area contributed by atoms with Crippen molar-refractivity contribution in [1.82, 2.24) is 9.97 Å². The predicted octanol–water partition coefficient (Wildman–Crippen LogP) is 0.0569. The Morgan fingerprint density at radius 1 is 1.42 bits per heavy atom. The Morgan fingerprint density at radius 2 is 2.12 bits per heavy atom. The van der Waals surface area contributed by atoms with Gasteiger partial charge in [0.2, 0.25) is 5.75 Å². The number of aromatic amines is 1. The largest absolute Gasteiger partial charge is 0.501 e. The first-order valence-electron chi connectivity index (χ1n) is 7.87. The second-order valence-corrected chi connectivity index (χ2v) is 5.36. The minimum Gasteiger partial charge on any atom is -0.501 e. The van der Waals surface area contributed by atoms with E-state index in [1.807, 2.05) is 0 Å². The molecule has 0 saturated carbocycles. The maximum atomic E-state index is 12.0. The van der Waals surface area contributed by atoms with Crippen LogP contribution in [0.25, 0.3) is 0 Å². The molecule has 1 aromatic heterocycles. The summed E-state index contributed by atoms with van der Waals surface area (Å²) in [6, 6.07) is 0. The average Bonchev–Trinajstić information content (AvgIpc) is 2.58. The summed E-state index contributed by atoms with van der Waals surface area (Å²) < 4.78 is 16.0. The minimum absolute atomic E-state index is 0.0276. The van der Waals surface area contributed by atoms with Gasteiger partial charge in [0.05, 0.1) is 13.2 Å². The third-order valence-corrected chi connectivity index (χ3v) is 3.78. The lowest BCUT2D eigenvalue weighted by atomic mass is 9.92. The van der Waals surface area contributed by atoms with Gasteiger partial charge in [0.15, 0.2) is 5.69 Å². The van der Waals surface area contributed by atoms with Crippen molar-refractivity contribution < 1.29 is 29.2 Å². The smallest absolute Gasteiger partial charge is 0.361 e. The molecule has 0 unspecified atom stereocenters. The van der Waals surface area contributed by atoms with Crippen LogP contribution >= 0.6 is 0 Å². The number of nitrogens with one attached hydrogen (secondary N) is 1. The third kappa shape index (κ3) is 3.92. The number of aliphatic hydroxyl groups is 1. The SMILES string of the molecule is CCOC(=O)c1nc(C2(OCCCO)CCOCC2)[nH]c(=O)c1O. The number of carbonyl (C=O) groups excluding carboxylic acids is 1. The molecule has 0 spiro atoms. The van der Waals surface area contributed by atoms with Gasteiger partial charge < -0.3 is 29.4 Å². The Hall–Kier alpha value is -1.97. The zero-order chi connectivity index (χ0) is 17.6. The van der Waals surface area contributed by atoms with E-state index in [0.29, 0.717) is 32.5 Å². The van der Waals surface area contributed by atoms with Gasteiger partial charge in [-0.2, -0.15) is 0 Å². The van der Waals surface area contributed by atoms with Crippen molar-refractivity contribution in [3.05, 3.63) is 21.9 Å². The maximum Gasteiger partial charge on any atom is 0.361 e. The molecule has 134 valence electrons. The number of aromatic hydroxyl groups is 1. The first-order chi connectivity index (χ1) is 11.5. The molecule has 9 nitrogen and oxygen atoms in total. The minimum atomic E-state index is -0.943. The van der Waals surface area contributed by atoms with E-state index >= 15 is 0 Å². The van der Waals surface area contributed by atoms with E-state index in [2.05, 4.69) is 9.97 Å². The molecular weight excluding hydrogens is 320 g/mol. The van der Waals surface area contributed by atoms with E-state index in [9.17, 15) is 14.7 Å². The molecule has 0 radical (unpaired) electrons. The second-order valence-electron chi connectivity index (χ2n) is 5.36. The number of hydrogen-bond donors (Lipinski definition) is 3. The van der Waals surface area contributed by atoms with Gasteiger partial charge in [-0.15, -0.1) is 0 Å². The molecule has 1 aliphatic rings. The third-order valence-electron chi connectivity index (χ3n) is 3.78. The monoisotopic (exact) mass is 342 g/mol. The fourth-order valence-electron chi connectivity index (χ4n) is 2.51. The Bertz CT molecular complexity index is 623. The number of esters is 1. The molecule has 0 aromatic carbocycles. The zero-order valence-corrected chi connectivity index (χ0v) is 13.5. The lowest BCUT2D eigenvalue weighted by Crippen LogP contribution is -2.40. The van der Waals surface area contributed by atoms with E-state index in [1.54, 1.807) is 6.92 Å². The molecule has 0 bridgehead atoms. The van der Waals surface area contributed by atoms with E-state index in [-0.39, 0.29) is 25.6 Å². The van der Waals surface area contributed by atoms with Crippen molar-refractivity contribution in [2.24, 2.45) is 0 Å². The van der Waals surface area contributed by atoms with Crippen LogP contribution in [0, 0.1) is 0 Å². The highest BCUT2D eigenvalue weighted by atomic mass is 16.5. The maximum absolute atomic E-state index is 12.0. The van der Waals surface area contributed by atoms with E-state index in [1.165, 1.54) is 0 Å².